The fourth-order valence-electron chi connectivity index (χ4n) is 6.19. The number of aromatic nitrogens is 2. The average molecular weight is 673 g/mol. The lowest BCUT2D eigenvalue weighted by molar-refractivity contribution is -0.156. The van der Waals surface area contributed by atoms with Gasteiger partial charge in [-0.15, -0.1) is 0 Å². The Balaban J connectivity index is 1.42. The highest BCUT2D eigenvalue weighted by Crippen LogP contribution is 2.40. The Labute approximate surface area is 293 Å². The fourth-order valence-corrected chi connectivity index (χ4v) is 6.19. The first-order valence-corrected chi connectivity index (χ1v) is 16.6. The maximum absolute atomic E-state index is 13.5. The number of nitrogens with zero attached hydrogens (tertiary/aromatic N) is 3. The number of methoxy groups -OCH3 is 1. The van der Waals surface area contributed by atoms with E-state index >= 15 is 0 Å². The first-order chi connectivity index (χ1) is 24.1. The number of amides is 1. The van der Waals surface area contributed by atoms with Crippen LogP contribution in [0.15, 0.2) is 134 Å². The molecular formula is C41H44N4O5. The summed E-state index contributed by atoms with van der Waals surface area (Å²) in [5.41, 5.74) is 3.16. The zero-order valence-electron chi connectivity index (χ0n) is 29.0. The summed E-state index contributed by atoms with van der Waals surface area (Å²) in [5, 5.41) is 2.84. The largest absolute Gasteiger partial charge is 0.467 e. The summed E-state index contributed by atoms with van der Waals surface area (Å²) in [6.07, 6.45) is 3.77. The van der Waals surface area contributed by atoms with E-state index in [-0.39, 0.29) is 19.5 Å². The smallest absolute Gasteiger partial charge is 0.328 e. The molecule has 1 amide bonds. The van der Waals surface area contributed by atoms with Gasteiger partial charge in [-0.2, -0.15) is 0 Å². The number of rotatable bonds is 14. The first-order valence-electron chi connectivity index (χ1n) is 16.6. The van der Waals surface area contributed by atoms with Crippen LogP contribution in [0.25, 0.3) is 0 Å². The molecule has 9 heteroatoms. The zero-order valence-corrected chi connectivity index (χ0v) is 29.0. The molecule has 0 radical (unpaired) electrons. The van der Waals surface area contributed by atoms with E-state index < -0.39 is 35.0 Å². The number of carbonyl (C=O) groups is 3. The van der Waals surface area contributed by atoms with Gasteiger partial charge < -0.3 is 19.4 Å². The van der Waals surface area contributed by atoms with E-state index in [0.29, 0.717) is 12.2 Å². The summed E-state index contributed by atoms with van der Waals surface area (Å²) in [7, 11) is 1.29. The number of esters is 2. The second-order valence-corrected chi connectivity index (χ2v) is 13.1. The SMILES string of the molecule is COC(=O)[C@H](Cc1cn(C(c2ccccc2)(c2ccccc2)c2ccccc2)cn1)NC(=O)CN(CC(=O)OC(C)(C)C)Cc1ccccc1. The van der Waals surface area contributed by atoms with E-state index in [4.69, 9.17) is 14.5 Å². The molecule has 0 saturated heterocycles. The van der Waals surface area contributed by atoms with Gasteiger partial charge in [0.05, 0.1) is 32.2 Å². The van der Waals surface area contributed by atoms with Crippen LogP contribution < -0.4 is 5.32 Å². The molecule has 0 saturated carbocycles. The minimum absolute atomic E-state index is 0.0879. The quantitative estimate of drug-likeness (QED) is 0.118. The number of imidazole rings is 1. The predicted octanol–water partition coefficient (Wildman–Crippen LogP) is 5.77. The summed E-state index contributed by atoms with van der Waals surface area (Å²) >= 11 is 0. The van der Waals surface area contributed by atoms with Crippen LogP contribution in [-0.4, -0.2) is 64.1 Å². The molecule has 5 rings (SSSR count). The fraction of sp³-hybridized carbons (Fsp3) is 0.268. The molecule has 0 fully saturated rings. The standard InChI is InChI=1S/C41H44N4O5/c1-40(2,3)50-38(47)29-44(26-31-17-9-5-10-18-31)28-37(46)43-36(39(48)49-4)25-35-27-45(30-42-35)41(32-19-11-6-12-20-32,33-21-13-7-14-22-33)34-23-15-8-16-24-34/h5-24,27,30,36H,25-26,28-29H2,1-4H3,(H,43,46)/t36-/m0/s1. The van der Waals surface area contributed by atoms with Crippen LogP contribution in [0.2, 0.25) is 0 Å². The lowest BCUT2D eigenvalue weighted by Crippen LogP contribution is -2.48. The van der Waals surface area contributed by atoms with Crippen LogP contribution in [0.3, 0.4) is 0 Å². The van der Waals surface area contributed by atoms with Gasteiger partial charge in [-0.3, -0.25) is 14.5 Å². The van der Waals surface area contributed by atoms with Crippen LogP contribution in [0.4, 0.5) is 0 Å². The maximum Gasteiger partial charge on any atom is 0.328 e. The van der Waals surface area contributed by atoms with E-state index in [2.05, 4.69) is 46.3 Å². The number of benzene rings is 4. The van der Waals surface area contributed by atoms with E-state index in [1.165, 1.54) is 7.11 Å². The zero-order chi connectivity index (χ0) is 35.6. The molecule has 1 aromatic heterocycles. The second kappa shape index (κ2) is 16.2. The first kappa shape index (κ1) is 35.8. The third-order valence-corrected chi connectivity index (χ3v) is 8.22. The van der Waals surface area contributed by atoms with Crippen molar-refractivity contribution in [1.29, 1.82) is 0 Å². The monoisotopic (exact) mass is 672 g/mol. The number of ether oxygens (including phenoxy) is 2. The van der Waals surface area contributed by atoms with Crippen molar-refractivity contribution in [3.05, 3.63) is 162 Å². The van der Waals surface area contributed by atoms with Crippen LogP contribution >= 0.6 is 0 Å². The Hall–Kier alpha value is -5.54. The number of hydrogen-bond acceptors (Lipinski definition) is 7. The van der Waals surface area contributed by atoms with Gasteiger partial charge in [0.25, 0.3) is 0 Å². The summed E-state index contributed by atoms with van der Waals surface area (Å²) < 4.78 is 12.7. The predicted molar refractivity (Wildman–Crippen MR) is 192 cm³/mol. The van der Waals surface area contributed by atoms with Gasteiger partial charge in [0, 0.05) is 19.2 Å². The molecule has 9 nitrogen and oxygen atoms in total. The van der Waals surface area contributed by atoms with Gasteiger partial charge in [-0.1, -0.05) is 121 Å². The van der Waals surface area contributed by atoms with Crippen molar-refractivity contribution in [2.24, 2.45) is 0 Å². The van der Waals surface area contributed by atoms with Crippen molar-refractivity contribution < 1.29 is 23.9 Å². The molecule has 1 N–H and O–H groups in total. The average Bonchev–Trinajstić information content (AvgIpc) is 3.57. The van der Waals surface area contributed by atoms with Crippen LogP contribution in [-0.2, 0) is 42.4 Å². The molecule has 50 heavy (non-hydrogen) atoms. The molecule has 4 aromatic carbocycles. The van der Waals surface area contributed by atoms with Crippen molar-refractivity contribution in [1.82, 2.24) is 19.8 Å². The van der Waals surface area contributed by atoms with Gasteiger partial charge in [0.15, 0.2) is 0 Å². The molecule has 0 unspecified atom stereocenters. The van der Waals surface area contributed by atoms with Gasteiger partial charge in [-0.25, -0.2) is 9.78 Å². The third-order valence-electron chi connectivity index (χ3n) is 8.22. The minimum Gasteiger partial charge on any atom is -0.467 e. The van der Waals surface area contributed by atoms with Crippen LogP contribution in [0.5, 0.6) is 0 Å². The normalized spacial score (nSPS) is 12.3. The van der Waals surface area contributed by atoms with Gasteiger partial charge in [0.1, 0.15) is 17.2 Å². The molecule has 1 atom stereocenters. The molecule has 0 spiro atoms. The number of nitrogens with one attached hydrogen (secondary N) is 1. The highest BCUT2D eigenvalue weighted by atomic mass is 16.6. The van der Waals surface area contributed by atoms with Crippen LogP contribution in [0, 0.1) is 0 Å². The van der Waals surface area contributed by atoms with Gasteiger partial charge in [-0.05, 0) is 43.0 Å². The lowest BCUT2D eigenvalue weighted by Gasteiger charge is -2.37. The van der Waals surface area contributed by atoms with Crippen molar-refractivity contribution in [2.75, 3.05) is 20.2 Å². The third kappa shape index (κ3) is 8.92. The highest BCUT2D eigenvalue weighted by Gasteiger charge is 2.38. The minimum atomic E-state index is -1.02. The molecule has 0 aliphatic rings. The molecule has 0 aliphatic heterocycles. The Morgan fingerprint density at radius 1 is 0.760 bits per heavy atom. The summed E-state index contributed by atoms with van der Waals surface area (Å²) in [6.45, 7) is 5.48. The van der Waals surface area contributed by atoms with Gasteiger partial charge in [0.2, 0.25) is 5.91 Å². The van der Waals surface area contributed by atoms with Crippen molar-refractivity contribution >= 4 is 17.8 Å². The summed E-state index contributed by atoms with van der Waals surface area (Å²) in [5.74, 6) is -1.49. The molecular weight excluding hydrogens is 628 g/mol. The molecule has 1 heterocycles. The Morgan fingerprint density at radius 2 is 1.26 bits per heavy atom. The molecule has 5 aromatic rings. The lowest BCUT2D eigenvalue weighted by atomic mass is 9.77. The number of hydrogen-bond donors (Lipinski definition) is 1. The van der Waals surface area contributed by atoms with E-state index in [0.717, 1.165) is 22.3 Å². The Morgan fingerprint density at radius 3 is 1.74 bits per heavy atom. The topological polar surface area (TPSA) is 103 Å². The molecule has 258 valence electrons. The summed E-state index contributed by atoms with van der Waals surface area (Å²) in [6, 6.07) is 39.1. The maximum atomic E-state index is 13.5. The second-order valence-electron chi connectivity index (χ2n) is 13.1. The van der Waals surface area contributed by atoms with Crippen molar-refractivity contribution in [3.8, 4) is 0 Å². The molecule has 0 bridgehead atoms. The van der Waals surface area contributed by atoms with Gasteiger partial charge >= 0.3 is 11.9 Å². The Kier molecular flexibility index (Phi) is 11.6. The van der Waals surface area contributed by atoms with E-state index in [1.54, 1.807) is 32.0 Å². The summed E-state index contributed by atoms with van der Waals surface area (Å²) in [4.78, 5) is 45.8. The van der Waals surface area contributed by atoms with Crippen molar-refractivity contribution in [2.45, 2.75) is 50.9 Å². The highest BCUT2D eigenvalue weighted by molar-refractivity contribution is 5.86. The van der Waals surface area contributed by atoms with E-state index in [9.17, 15) is 14.4 Å². The number of carbonyl (C=O) groups excluding carboxylic acids is 3. The van der Waals surface area contributed by atoms with Crippen molar-refractivity contribution in [3.63, 3.8) is 0 Å². The Bertz CT molecular complexity index is 1740. The van der Waals surface area contributed by atoms with E-state index in [1.807, 2.05) is 91.1 Å². The molecule has 0 aliphatic carbocycles. The van der Waals surface area contributed by atoms with Crippen LogP contribution in [0.1, 0.15) is 48.7 Å².